The number of nitrogens with two attached hydrogens (primary N) is 1. The van der Waals surface area contributed by atoms with E-state index in [1.54, 1.807) is 22.5 Å². The lowest BCUT2D eigenvalue weighted by atomic mass is 9.65. The molecule has 1 heterocycles. The first kappa shape index (κ1) is 20.3. The molecular weight excluding hydrogens is 376 g/mol. The number of nitriles is 1. The van der Waals surface area contributed by atoms with E-state index in [2.05, 4.69) is 31.3 Å². The van der Waals surface area contributed by atoms with Gasteiger partial charge < -0.3 is 5.73 Å². The van der Waals surface area contributed by atoms with E-state index < -0.39 is 15.9 Å². The van der Waals surface area contributed by atoms with Crippen molar-refractivity contribution in [2.75, 3.05) is 12.0 Å². The minimum Gasteiger partial charge on any atom is -0.382 e. The SMILES string of the molecule is CC1(C)CC2CC(C)(CN2S(=O)(=O)c2ccc(N/N=C(\C#N)C(=N)N)cc2)C1. The predicted octanol–water partition coefficient (Wildman–Crippen LogP) is 2.50. The Bertz CT molecular complexity index is 961. The molecular formula is C19H26N6O2S. The smallest absolute Gasteiger partial charge is 0.243 e. The summed E-state index contributed by atoms with van der Waals surface area (Å²) in [6.07, 6.45) is 2.81. The third-order valence-electron chi connectivity index (χ3n) is 5.49. The van der Waals surface area contributed by atoms with Gasteiger partial charge in [0, 0.05) is 12.6 Å². The summed E-state index contributed by atoms with van der Waals surface area (Å²) in [5.41, 5.74) is 8.28. The molecule has 1 aromatic rings. The van der Waals surface area contributed by atoms with Gasteiger partial charge >= 0.3 is 0 Å². The number of fused-ring (bicyclic) bond motifs is 2. The van der Waals surface area contributed by atoms with Crippen LogP contribution in [0.15, 0.2) is 34.3 Å². The molecule has 4 N–H and O–H groups in total. The zero-order valence-electron chi connectivity index (χ0n) is 16.4. The molecule has 1 aliphatic carbocycles. The predicted molar refractivity (Wildman–Crippen MR) is 108 cm³/mol. The maximum absolute atomic E-state index is 13.2. The lowest BCUT2D eigenvalue weighted by Gasteiger charge is -2.39. The lowest BCUT2D eigenvalue weighted by Crippen LogP contribution is -2.37. The van der Waals surface area contributed by atoms with Crippen molar-refractivity contribution in [1.82, 2.24) is 4.31 Å². The fourth-order valence-corrected chi connectivity index (χ4v) is 6.57. The number of hydrogen-bond acceptors (Lipinski definition) is 6. The second kappa shape index (κ2) is 6.87. The summed E-state index contributed by atoms with van der Waals surface area (Å²) < 4.78 is 28.1. The number of nitrogens with one attached hydrogen (secondary N) is 2. The van der Waals surface area contributed by atoms with Crippen molar-refractivity contribution in [3.8, 4) is 6.07 Å². The Morgan fingerprint density at radius 2 is 1.96 bits per heavy atom. The molecule has 2 bridgehead atoms. The molecule has 8 nitrogen and oxygen atoms in total. The topological polar surface area (TPSA) is 135 Å². The van der Waals surface area contributed by atoms with Gasteiger partial charge in [-0.3, -0.25) is 10.8 Å². The monoisotopic (exact) mass is 402 g/mol. The Labute approximate surface area is 166 Å². The van der Waals surface area contributed by atoms with E-state index >= 15 is 0 Å². The molecule has 2 aliphatic rings. The zero-order chi connectivity index (χ0) is 20.7. The standard InChI is InChI=1S/C19H26N6O2S/c1-18(2)8-14-9-19(3,11-18)12-25(14)28(26,27)15-6-4-13(5-7-15)23-24-16(10-20)17(21)22/h4-7,14,23H,8-9,11-12H2,1-3H3,(H3,21,22)/b24-16+. The fourth-order valence-electron chi connectivity index (χ4n) is 4.79. The first-order chi connectivity index (χ1) is 13.0. The minimum atomic E-state index is -3.58. The molecule has 28 heavy (non-hydrogen) atoms. The van der Waals surface area contributed by atoms with Gasteiger partial charge in [0.2, 0.25) is 15.7 Å². The maximum Gasteiger partial charge on any atom is 0.243 e. The molecule has 1 saturated heterocycles. The summed E-state index contributed by atoms with van der Waals surface area (Å²) in [6.45, 7) is 7.16. The van der Waals surface area contributed by atoms with Crippen molar-refractivity contribution in [2.24, 2.45) is 21.7 Å². The molecule has 9 heteroatoms. The second-order valence-electron chi connectivity index (χ2n) is 8.89. The van der Waals surface area contributed by atoms with Gasteiger partial charge in [0.1, 0.15) is 6.07 Å². The highest BCUT2D eigenvalue weighted by Gasteiger charge is 2.53. The number of anilines is 1. The molecule has 0 amide bonds. The minimum absolute atomic E-state index is 0.0239. The highest BCUT2D eigenvalue weighted by atomic mass is 32.2. The van der Waals surface area contributed by atoms with Gasteiger partial charge in [-0.2, -0.15) is 14.7 Å². The van der Waals surface area contributed by atoms with Crippen molar-refractivity contribution in [3.63, 3.8) is 0 Å². The van der Waals surface area contributed by atoms with E-state index in [9.17, 15) is 8.42 Å². The van der Waals surface area contributed by atoms with Crippen LogP contribution >= 0.6 is 0 Å². The van der Waals surface area contributed by atoms with Crippen LogP contribution in [0.4, 0.5) is 5.69 Å². The van der Waals surface area contributed by atoms with Gasteiger partial charge in [0.15, 0.2) is 5.84 Å². The van der Waals surface area contributed by atoms with E-state index in [1.807, 2.05) is 0 Å². The molecule has 2 fully saturated rings. The summed E-state index contributed by atoms with van der Waals surface area (Å²) in [7, 11) is -3.58. The maximum atomic E-state index is 13.2. The van der Waals surface area contributed by atoms with Crippen LogP contribution in [-0.2, 0) is 10.0 Å². The normalized spacial score (nSPS) is 27.2. The second-order valence-corrected chi connectivity index (χ2v) is 10.8. The van der Waals surface area contributed by atoms with Crippen LogP contribution in [0.5, 0.6) is 0 Å². The van der Waals surface area contributed by atoms with E-state index in [0.29, 0.717) is 12.2 Å². The quantitative estimate of drug-likeness (QED) is 0.395. The van der Waals surface area contributed by atoms with Crippen LogP contribution in [-0.4, -0.2) is 36.9 Å². The molecule has 1 saturated carbocycles. The number of amidine groups is 1. The Morgan fingerprint density at radius 3 is 2.54 bits per heavy atom. The highest BCUT2D eigenvalue weighted by Crippen LogP contribution is 2.53. The Kier molecular flexibility index (Phi) is 4.98. The van der Waals surface area contributed by atoms with Gasteiger partial charge in [0.25, 0.3) is 0 Å². The summed E-state index contributed by atoms with van der Waals surface area (Å²) in [6, 6.07) is 7.97. The molecule has 0 radical (unpaired) electrons. The van der Waals surface area contributed by atoms with E-state index in [1.165, 1.54) is 12.1 Å². The summed E-state index contributed by atoms with van der Waals surface area (Å²) in [5, 5.41) is 19.8. The fraction of sp³-hybridized carbons (Fsp3) is 0.526. The Morgan fingerprint density at radius 1 is 1.32 bits per heavy atom. The van der Waals surface area contributed by atoms with Crippen LogP contribution in [0, 0.1) is 27.6 Å². The number of sulfonamides is 1. The first-order valence-electron chi connectivity index (χ1n) is 9.16. The highest BCUT2D eigenvalue weighted by molar-refractivity contribution is 7.89. The van der Waals surface area contributed by atoms with Gasteiger partial charge in [-0.15, -0.1) is 0 Å². The van der Waals surface area contributed by atoms with Crippen LogP contribution in [0.3, 0.4) is 0 Å². The summed E-state index contributed by atoms with van der Waals surface area (Å²) in [5.74, 6) is -0.439. The van der Waals surface area contributed by atoms with E-state index in [0.717, 1.165) is 19.3 Å². The van der Waals surface area contributed by atoms with Crippen molar-refractivity contribution in [1.29, 1.82) is 10.7 Å². The average Bonchev–Trinajstić information content (AvgIpc) is 2.85. The number of hydrogen-bond donors (Lipinski definition) is 3. The van der Waals surface area contributed by atoms with Crippen molar-refractivity contribution >= 4 is 27.3 Å². The van der Waals surface area contributed by atoms with Crippen LogP contribution in [0.2, 0.25) is 0 Å². The van der Waals surface area contributed by atoms with Crippen molar-refractivity contribution in [2.45, 2.75) is 51.0 Å². The van der Waals surface area contributed by atoms with Gasteiger partial charge in [-0.25, -0.2) is 8.42 Å². The third-order valence-corrected chi connectivity index (χ3v) is 7.40. The van der Waals surface area contributed by atoms with Crippen LogP contribution in [0.25, 0.3) is 0 Å². The lowest BCUT2D eigenvalue weighted by molar-refractivity contribution is 0.133. The third kappa shape index (κ3) is 3.88. The molecule has 3 rings (SSSR count). The van der Waals surface area contributed by atoms with Crippen LogP contribution < -0.4 is 11.2 Å². The molecule has 2 atom stereocenters. The summed E-state index contributed by atoms with van der Waals surface area (Å²) in [4.78, 5) is 0.239. The Hall–Kier alpha value is -2.44. The first-order valence-corrected chi connectivity index (χ1v) is 10.6. The molecule has 0 spiro atoms. The number of nitrogens with zero attached hydrogens (tertiary/aromatic N) is 3. The Balaban J connectivity index is 1.80. The molecule has 0 aromatic heterocycles. The van der Waals surface area contributed by atoms with Gasteiger partial charge in [-0.1, -0.05) is 20.8 Å². The van der Waals surface area contributed by atoms with Crippen molar-refractivity contribution in [3.05, 3.63) is 24.3 Å². The average molecular weight is 403 g/mol. The van der Waals surface area contributed by atoms with Gasteiger partial charge in [0.05, 0.1) is 10.6 Å². The number of benzene rings is 1. The molecule has 150 valence electrons. The van der Waals surface area contributed by atoms with E-state index in [4.69, 9.17) is 16.4 Å². The number of rotatable bonds is 5. The van der Waals surface area contributed by atoms with E-state index in [-0.39, 0.29) is 27.5 Å². The van der Waals surface area contributed by atoms with Crippen molar-refractivity contribution < 1.29 is 8.42 Å². The number of hydrazone groups is 1. The molecule has 1 aliphatic heterocycles. The molecule has 2 unspecified atom stereocenters. The zero-order valence-corrected chi connectivity index (χ0v) is 17.2. The van der Waals surface area contributed by atoms with Gasteiger partial charge in [-0.05, 0) is 54.4 Å². The van der Waals surface area contributed by atoms with Crippen LogP contribution in [0.1, 0.15) is 40.0 Å². The molecule has 1 aromatic carbocycles. The largest absolute Gasteiger partial charge is 0.382 e. The summed E-state index contributed by atoms with van der Waals surface area (Å²) >= 11 is 0.